The van der Waals surface area contributed by atoms with Gasteiger partial charge in [-0.1, -0.05) is 0 Å². The molecule has 5 nitrogen and oxygen atoms in total. The van der Waals surface area contributed by atoms with Gasteiger partial charge < -0.3 is 23.9 Å². The zero-order chi connectivity index (χ0) is 15.2. The number of likely N-dealkylation sites (N-methyl/N-ethyl adjacent to an activating group) is 1. The lowest BCUT2D eigenvalue weighted by Gasteiger charge is -2.20. The average Bonchev–Trinajstić information content (AvgIpc) is 3.04. The first kappa shape index (κ1) is 15.3. The van der Waals surface area contributed by atoms with Gasteiger partial charge >= 0.3 is 0 Å². The standard InChI is InChI=1S/C16H21NO4/c1-17-13(8-11-6-5-7-21-11)12-9-15(19-3)16(20-4)10-14(12)18-2/h5-7,9-10,13,17H,8H2,1-4H3. The molecule has 1 atom stereocenters. The van der Waals surface area contributed by atoms with Crippen molar-refractivity contribution in [1.29, 1.82) is 0 Å². The van der Waals surface area contributed by atoms with Gasteiger partial charge in [-0.25, -0.2) is 0 Å². The summed E-state index contributed by atoms with van der Waals surface area (Å²) < 4.78 is 21.6. The van der Waals surface area contributed by atoms with E-state index < -0.39 is 0 Å². The third-order valence-corrected chi connectivity index (χ3v) is 3.45. The first-order valence-electron chi connectivity index (χ1n) is 6.73. The molecule has 1 aromatic heterocycles. The van der Waals surface area contributed by atoms with Crippen LogP contribution >= 0.6 is 0 Å². The Bertz CT molecular complexity index is 566. The van der Waals surface area contributed by atoms with E-state index in [2.05, 4.69) is 5.32 Å². The number of furan rings is 1. The Morgan fingerprint density at radius 1 is 1.05 bits per heavy atom. The number of methoxy groups -OCH3 is 3. The van der Waals surface area contributed by atoms with Gasteiger partial charge in [0, 0.05) is 24.1 Å². The van der Waals surface area contributed by atoms with Crippen LogP contribution in [0.15, 0.2) is 34.9 Å². The van der Waals surface area contributed by atoms with E-state index in [0.29, 0.717) is 11.5 Å². The van der Waals surface area contributed by atoms with E-state index in [1.807, 2.05) is 31.3 Å². The summed E-state index contributed by atoms with van der Waals surface area (Å²) in [5.74, 6) is 2.98. The van der Waals surface area contributed by atoms with E-state index in [-0.39, 0.29) is 6.04 Å². The summed E-state index contributed by atoms with van der Waals surface area (Å²) >= 11 is 0. The lowest BCUT2D eigenvalue weighted by atomic mass is 10.0. The maximum absolute atomic E-state index is 5.48. The molecular formula is C16H21NO4. The van der Waals surface area contributed by atoms with Crippen LogP contribution in [0.2, 0.25) is 0 Å². The Labute approximate surface area is 124 Å². The Balaban J connectivity index is 2.39. The van der Waals surface area contributed by atoms with Crippen molar-refractivity contribution in [1.82, 2.24) is 5.32 Å². The van der Waals surface area contributed by atoms with Gasteiger partial charge in [0.15, 0.2) is 11.5 Å². The molecule has 0 radical (unpaired) electrons. The Morgan fingerprint density at radius 3 is 2.24 bits per heavy atom. The molecule has 0 fully saturated rings. The molecule has 0 amide bonds. The summed E-state index contributed by atoms with van der Waals surface area (Å²) in [7, 11) is 6.78. The van der Waals surface area contributed by atoms with Crippen LogP contribution in [-0.2, 0) is 6.42 Å². The maximum Gasteiger partial charge on any atom is 0.164 e. The monoisotopic (exact) mass is 291 g/mol. The van der Waals surface area contributed by atoms with Gasteiger partial charge in [-0.2, -0.15) is 0 Å². The molecule has 1 heterocycles. The fourth-order valence-electron chi connectivity index (χ4n) is 2.32. The minimum absolute atomic E-state index is 0.0471. The highest BCUT2D eigenvalue weighted by atomic mass is 16.5. The van der Waals surface area contributed by atoms with Gasteiger partial charge in [0.25, 0.3) is 0 Å². The van der Waals surface area contributed by atoms with E-state index in [4.69, 9.17) is 18.6 Å². The molecule has 0 saturated heterocycles. The lowest BCUT2D eigenvalue weighted by Crippen LogP contribution is -2.19. The van der Waals surface area contributed by atoms with Crippen molar-refractivity contribution in [2.75, 3.05) is 28.4 Å². The van der Waals surface area contributed by atoms with E-state index >= 15 is 0 Å². The highest BCUT2D eigenvalue weighted by Gasteiger charge is 2.20. The van der Waals surface area contributed by atoms with E-state index in [9.17, 15) is 0 Å². The molecule has 114 valence electrons. The van der Waals surface area contributed by atoms with Gasteiger partial charge in [0.1, 0.15) is 11.5 Å². The topological polar surface area (TPSA) is 52.9 Å². The predicted molar refractivity (Wildman–Crippen MR) is 80.3 cm³/mol. The minimum Gasteiger partial charge on any atom is -0.496 e. The number of hydrogen-bond donors (Lipinski definition) is 1. The van der Waals surface area contributed by atoms with E-state index in [1.165, 1.54) is 0 Å². The minimum atomic E-state index is 0.0471. The number of benzene rings is 1. The summed E-state index contributed by atoms with van der Waals surface area (Å²) in [6, 6.07) is 7.65. The van der Waals surface area contributed by atoms with E-state index in [1.54, 1.807) is 27.6 Å². The zero-order valence-electron chi connectivity index (χ0n) is 12.8. The number of ether oxygens (including phenoxy) is 3. The third-order valence-electron chi connectivity index (χ3n) is 3.45. The van der Waals surface area contributed by atoms with Crippen LogP contribution in [0.4, 0.5) is 0 Å². The van der Waals surface area contributed by atoms with Gasteiger partial charge in [0.2, 0.25) is 0 Å². The molecule has 21 heavy (non-hydrogen) atoms. The summed E-state index contributed by atoms with van der Waals surface area (Å²) in [4.78, 5) is 0. The second-order valence-corrected chi connectivity index (χ2v) is 4.57. The molecule has 2 aromatic rings. The molecule has 1 aromatic carbocycles. The number of nitrogens with one attached hydrogen (secondary N) is 1. The second-order valence-electron chi connectivity index (χ2n) is 4.57. The van der Waals surface area contributed by atoms with Crippen LogP contribution in [0.3, 0.4) is 0 Å². The molecular weight excluding hydrogens is 270 g/mol. The van der Waals surface area contributed by atoms with Crippen LogP contribution in [0, 0.1) is 0 Å². The second kappa shape index (κ2) is 7.04. The lowest BCUT2D eigenvalue weighted by molar-refractivity contribution is 0.344. The van der Waals surface area contributed by atoms with Crippen molar-refractivity contribution in [2.45, 2.75) is 12.5 Å². The van der Waals surface area contributed by atoms with Crippen molar-refractivity contribution in [2.24, 2.45) is 0 Å². The first-order valence-corrected chi connectivity index (χ1v) is 6.73. The van der Waals surface area contributed by atoms with Gasteiger partial charge in [-0.15, -0.1) is 0 Å². The van der Waals surface area contributed by atoms with Crippen LogP contribution in [0.1, 0.15) is 17.4 Å². The summed E-state index contributed by atoms with van der Waals surface area (Å²) in [6.45, 7) is 0. The highest BCUT2D eigenvalue weighted by molar-refractivity contribution is 5.52. The Kier molecular flexibility index (Phi) is 5.11. The predicted octanol–water partition coefficient (Wildman–Crippen LogP) is 2.81. The molecule has 0 aliphatic heterocycles. The Morgan fingerprint density at radius 2 is 1.71 bits per heavy atom. The van der Waals surface area contributed by atoms with Gasteiger partial charge in [-0.05, 0) is 25.2 Å². The largest absolute Gasteiger partial charge is 0.496 e. The van der Waals surface area contributed by atoms with Crippen LogP contribution in [0.25, 0.3) is 0 Å². The normalized spacial score (nSPS) is 12.0. The van der Waals surface area contributed by atoms with Gasteiger partial charge in [-0.3, -0.25) is 0 Å². The molecule has 0 aliphatic carbocycles. The summed E-state index contributed by atoms with van der Waals surface area (Å²) in [5.41, 5.74) is 0.994. The fourth-order valence-corrected chi connectivity index (χ4v) is 2.32. The SMILES string of the molecule is CNC(Cc1ccco1)c1cc(OC)c(OC)cc1OC. The number of rotatable bonds is 7. The quantitative estimate of drug-likeness (QED) is 0.850. The molecule has 1 unspecified atom stereocenters. The molecule has 1 N–H and O–H groups in total. The first-order chi connectivity index (χ1) is 10.2. The smallest absolute Gasteiger partial charge is 0.164 e. The molecule has 0 saturated carbocycles. The van der Waals surface area contributed by atoms with E-state index in [0.717, 1.165) is 23.5 Å². The fraction of sp³-hybridized carbons (Fsp3) is 0.375. The van der Waals surface area contributed by atoms with Crippen LogP contribution in [-0.4, -0.2) is 28.4 Å². The van der Waals surface area contributed by atoms with Gasteiger partial charge in [0.05, 0.1) is 27.6 Å². The third kappa shape index (κ3) is 3.31. The molecule has 0 bridgehead atoms. The van der Waals surface area contributed by atoms with Crippen LogP contribution < -0.4 is 19.5 Å². The van der Waals surface area contributed by atoms with Crippen molar-refractivity contribution >= 4 is 0 Å². The van der Waals surface area contributed by atoms with Crippen molar-refractivity contribution < 1.29 is 18.6 Å². The highest BCUT2D eigenvalue weighted by Crippen LogP contribution is 2.38. The molecule has 5 heteroatoms. The average molecular weight is 291 g/mol. The molecule has 0 spiro atoms. The zero-order valence-corrected chi connectivity index (χ0v) is 12.8. The molecule has 0 aliphatic rings. The van der Waals surface area contributed by atoms with Crippen LogP contribution in [0.5, 0.6) is 17.2 Å². The summed E-state index contributed by atoms with van der Waals surface area (Å²) in [6.07, 6.45) is 2.39. The van der Waals surface area contributed by atoms with Crippen molar-refractivity contribution in [3.05, 3.63) is 41.9 Å². The Hall–Kier alpha value is -2.14. The molecule has 2 rings (SSSR count). The maximum atomic E-state index is 5.48. The number of hydrogen-bond acceptors (Lipinski definition) is 5. The summed E-state index contributed by atoms with van der Waals surface area (Å²) in [5, 5.41) is 3.28. The van der Waals surface area contributed by atoms with Crippen molar-refractivity contribution in [3.63, 3.8) is 0 Å². The van der Waals surface area contributed by atoms with Crippen molar-refractivity contribution in [3.8, 4) is 17.2 Å².